The molecule has 0 spiro atoms. The molecule has 0 aliphatic heterocycles. The van der Waals surface area contributed by atoms with Crippen LogP contribution in [-0.2, 0) is 17.0 Å². The molecule has 114 valence electrons. The summed E-state index contributed by atoms with van der Waals surface area (Å²) in [6.45, 7) is 1.96. The predicted molar refractivity (Wildman–Crippen MR) is 84.5 cm³/mol. The molecule has 3 aromatic heterocycles. The summed E-state index contributed by atoms with van der Waals surface area (Å²) in [5, 5.41) is 7.90. The van der Waals surface area contributed by atoms with Gasteiger partial charge in [-0.05, 0) is 30.1 Å². The first-order chi connectivity index (χ1) is 10.6. The fraction of sp³-hybridized carbons (Fsp3) is 0.154. The van der Waals surface area contributed by atoms with Crippen molar-refractivity contribution in [3.05, 3.63) is 41.7 Å². The van der Waals surface area contributed by atoms with Crippen molar-refractivity contribution in [2.24, 2.45) is 0 Å². The largest absolute Gasteiger partial charge is 0.771 e. The van der Waals surface area contributed by atoms with Crippen LogP contribution in [0.3, 0.4) is 0 Å². The Morgan fingerprint density at radius 2 is 2.32 bits per heavy atom. The molecule has 0 fully saturated rings. The normalized spacial score (nSPS) is 12.3. The maximum atomic E-state index is 10.7. The lowest BCUT2D eigenvalue weighted by Crippen LogP contribution is -2.03. The zero-order chi connectivity index (χ0) is 15.5. The molecule has 0 radical (unpaired) electrons. The molecule has 1 N–H and O–H groups in total. The molecule has 22 heavy (non-hydrogen) atoms. The Morgan fingerprint density at radius 3 is 3.05 bits per heavy atom. The van der Waals surface area contributed by atoms with Crippen molar-refractivity contribution in [1.82, 2.24) is 19.7 Å². The van der Waals surface area contributed by atoms with E-state index in [-0.39, 0.29) is 5.88 Å². The van der Waals surface area contributed by atoms with Crippen molar-refractivity contribution < 1.29 is 8.76 Å². The summed E-state index contributed by atoms with van der Waals surface area (Å²) in [5.41, 5.74) is 1.57. The highest BCUT2D eigenvalue weighted by atomic mass is 32.2. The molecular weight excluding hydrogens is 322 g/mol. The lowest BCUT2D eigenvalue weighted by Gasteiger charge is -2.03. The fourth-order valence-corrected chi connectivity index (χ4v) is 3.13. The van der Waals surface area contributed by atoms with Gasteiger partial charge in [-0.2, -0.15) is 5.10 Å². The van der Waals surface area contributed by atoms with E-state index in [1.165, 1.54) is 16.0 Å². The quantitative estimate of drug-likeness (QED) is 0.719. The van der Waals surface area contributed by atoms with Crippen LogP contribution in [0.5, 0.6) is 0 Å². The summed E-state index contributed by atoms with van der Waals surface area (Å²) in [7, 11) is 0. The van der Waals surface area contributed by atoms with Gasteiger partial charge in [-0.1, -0.05) is 6.07 Å². The fourth-order valence-electron chi connectivity index (χ4n) is 1.93. The first-order valence-corrected chi connectivity index (χ1v) is 8.42. The summed E-state index contributed by atoms with van der Waals surface area (Å²) in [5.74, 6) is 0.558. The molecule has 1 atom stereocenters. The number of anilines is 2. The Balaban J connectivity index is 1.83. The van der Waals surface area contributed by atoms with Crippen LogP contribution in [0, 0.1) is 6.92 Å². The Bertz CT molecular complexity index is 800. The second-order valence-electron chi connectivity index (χ2n) is 4.47. The van der Waals surface area contributed by atoms with Crippen LogP contribution in [0.4, 0.5) is 10.9 Å². The topological polar surface area (TPSA) is 95.8 Å². The summed E-state index contributed by atoms with van der Waals surface area (Å²) in [6.07, 6.45) is 4.98. The van der Waals surface area contributed by atoms with E-state index in [1.54, 1.807) is 18.6 Å². The summed E-state index contributed by atoms with van der Waals surface area (Å²) < 4.78 is 22.8. The van der Waals surface area contributed by atoms with E-state index in [9.17, 15) is 8.76 Å². The van der Waals surface area contributed by atoms with E-state index in [0.29, 0.717) is 0 Å². The first kappa shape index (κ1) is 14.8. The van der Waals surface area contributed by atoms with Gasteiger partial charge < -0.3 is 9.87 Å². The number of thiazole rings is 1. The highest BCUT2D eigenvalue weighted by Gasteiger charge is 2.12. The molecular formula is C13H12N5O2S2-. The van der Waals surface area contributed by atoms with Gasteiger partial charge >= 0.3 is 0 Å². The van der Waals surface area contributed by atoms with Crippen LogP contribution in [0.25, 0.3) is 11.3 Å². The second kappa shape index (κ2) is 6.34. The number of pyridine rings is 1. The van der Waals surface area contributed by atoms with Crippen LogP contribution in [-0.4, -0.2) is 28.5 Å². The Labute approximate surface area is 133 Å². The molecule has 0 amide bonds. The Kier molecular flexibility index (Phi) is 4.27. The molecule has 3 aromatic rings. The van der Waals surface area contributed by atoms with Crippen LogP contribution in [0.15, 0.2) is 36.8 Å². The minimum Gasteiger partial charge on any atom is -0.771 e. The first-order valence-electron chi connectivity index (χ1n) is 6.36. The average Bonchev–Trinajstić information content (AvgIpc) is 3.06. The minimum absolute atomic E-state index is 0.164. The maximum Gasteiger partial charge on any atom is 0.189 e. The van der Waals surface area contributed by atoms with E-state index >= 15 is 0 Å². The third kappa shape index (κ3) is 3.38. The SMILES string of the molecule is Cc1sc(Nc2ccccn2)nc1-c1cnn(CS(=O)[O-])c1. The van der Waals surface area contributed by atoms with Gasteiger partial charge in [-0.15, -0.1) is 11.3 Å². The van der Waals surface area contributed by atoms with Gasteiger partial charge in [0.05, 0.1) is 11.9 Å². The summed E-state index contributed by atoms with van der Waals surface area (Å²) in [4.78, 5) is 9.74. The lowest BCUT2D eigenvalue weighted by molar-refractivity contribution is 0.520. The van der Waals surface area contributed by atoms with E-state index < -0.39 is 11.1 Å². The average molecular weight is 334 g/mol. The number of aryl methyl sites for hydroxylation is 1. The monoisotopic (exact) mass is 334 g/mol. The van der Waals surface area contributed by atoms with Crippen molar-refractivity contribution in [3.8, 4) is 11.3 Å². The zero-order valence-electron chi connectivity index (χ0n) is 11.6. The van der Waals surface area contributed by atoms with Crippen molar-refractivity contribution in [1.29, 1.82) is 0 Å². The van der Waals surface area contributed by atoms with Gasteiger partial charge in [0.15, 0.2) is 5.13 Å². The molecule has 0 aromatic carbocycles. The number of hydrogen-bond acceptors (Lipinski definition) is 7. The number of rotatable bonds is 5. The van der Waals surface area contributed by atoms with Crippen LogP contribution in [0.2, 0.25) is 0 Å². The van der Waals surface area contributed by atoms with Gasteiger partial charge in [0.25, 0.3) is 0 Å². The van der Waals surface area contributed by atoms with Gasteiger partial charge in [0.2, 0.25) is 0 Å². The molecule has 0 aliphatic carbocycles. The summed E-state index contributed by atoms with van der Waals surface area (Å²) in [6, 6.07) is 5.60. The van der Waals surface area contributed by atoms with Crippen LogP contribution < -0.4 is 5.32 Å². The molecule has 1 unspecified atom stereocenters. The Morgan fingerprint density at radius 1 is 1.45 bits per heavy atom. The van der Waals surface area contributed by atoms with E-state index in [2.05, 4.69) is 20.4 Å². The lowest BCUT2D eigenvalue weighted by atomic mass is 10.2. The maximum absolute atomic E-state index is 10.7. The zero-order valence-corrected chi connectivity index (χ0v) is 13.2. The predicted octanol–water partition coefficient (Wildman–Crippen LogP) is 2.29. The number of nitrogens with zero attached hydrogens (tertiary/aromatic N) is 4. The minimum atomic E-state index is -2.17. The van der Waals surface area contributed by atoms with E-state index in [1.807, 2.05) is 25.1 Å². The number of nitrogens with one attached hydrogen (secondary N) is 1. The van der Waals surface area contributed by atoms with E-state index in [0.717, 1.165) is 27.1 Å². The van der Waals surface area contributed by atoms with Gasteiger partial charge in [0.1, 0.15) is 11.7 Å². The van der Waals surface area contributed by atoms with Gasteiger partial charge in [-0.3, -0.25) is 8.89 Å². The van der Waals surface area contributed by atoms with Crippen molar-refractivity contribution in [3.63, 3.8) is 0 Å². The summed E-state index contributed by atoms with van der Waals surface area (Å²) >= 11 is -0.668. The van der Waals surface area contributed by atoms with Crippen LogP contribution >= 0.6 is 11.3 Å². The highest BCUT2D eigenvalue weighted by molar-refractivity contribution is 7.78. The van der Waals surface area contributed by atoms with Crippen LogP contribution in [0.1, 0.15) is 4.88 Å². The van der Waals surface area contributed by atoms with E-state index in [4.69, 9.17) is 0 Å². The van der Waals surface area contributed by atoms with Gasteiger partial charge in [0, 0.05) is 22.8 Å². The third-order valence-electron chi connectivity index (χ3n) is 2.84. The number of hydrogen-bond donors (Lipinski definition) is 1. The smallest absolute Gasteiger partial charge is 0.189 e. The second-order valence-corrected chi connectivity index (χ2v) is 6.53. The highest BCUT2D eigenvalue weighted by Crippen LogP contribution is 2.31. The molecule has 0 saturated heterocycles. The molecule has 3 heterocycles. The standard InChI is InChI=1S/C13H13N5O2S2/c1-9-12(10-6-15-18(7-10)8-22(19)20)17-13(21-9)16-11-4-2-3-5-14-11/h2-7H,8H2,1H3,(H,19,20)(H,14,16,17)/p-1. The van der Waals surface area contributed by atoms with Crippen molar-refractivity contribution >= 4 is 33.4 Å². The third-order valence-corrected chi connectivity index (χ3v) is 4.20. The molecule has 7 nitrogen and oxygen atoms in total. The molecule has 0 aliphatic rings. The van der Waals surface area contributed by atoms with Crippen molar-refractivity contribution in [2.75, 3.05) is 5.32 Å². The van der Waals surface area contributed by atoms with Crippen molar-refractivity contribution in [2.45, 2.75) is 12.8 Å². The Hall–Kier alpha value is -2.10. The molecule has 3 rings (SSSR count). The number of aromatic nitrogens is 4. The molecule has 9 heteroatoms. The van der Waals surface area contributed by atoms with Gasteiger partial charge in [-0.25, -0.2) is 9.97 Å². The molecule has 0 bridgehead atoms. The molecule has 0 saturated carbocycles.